The van der Waals surface area contributed by atoms with Gasteiger partial charge in [-0.2, -0.15) is 4.31 Å². The third kappa shape index (κ3) is 5.32. The van der Waals surface area contributed by atoms with Gasteiger partial charge in [0.1, 0.15) is 5.75 Å². The van der Waals surface area contributed by atoms with Gasteiger partial charge in [-0.15, -0.1) is 0 Å². The number of nitrogens with one attached hydrogen (secondary N) is 1. The lowest BCUT2D eigenvalue weighted by molar-refractivity contribution is -0.122. The number of carbonyl (C=O) groups excluding carboxylic acids is 1. The molecule has 0 saturated carbocycles. The molecule has 1 fully saturated rings. The molecule has 1 saturated heterocycles. The van der Waals surface area contributed by atoms with Crippen molar-refractivity contribution in [3.63, 3.8) is 0 Å². The van der Waals surface area contributed by atoms with Crippen LogP contribution in [0.25, 0.3) is 0 Å². The highest BCUT2D eigenvalue weighted by atomic mass is 35.5. The molecule has 34 heavy (non-hydrogen) atoms. The van der Waals surface area contributed by atoms with Gasteiger partial charge in [0, 0.05) is 23.8 Å². The van der Waals surface area contributed by atoms with Gasteiger partial charge in [0.25, 0.3) is 5.91 Å². The fourth-order valence-electron chi connectivity index (χ4n) is 4.04. The number of nitrogens with zero attached hydrogens (tertiary/aromatic N) is 2. The van der Waals surface area contributed by atoms with E-state index in [4.69, 9.17) is 16.3 Å². The SMILES string of the molecule is CS(=O)(=O)N1CC(C(=O)Nc2ccc(S(=O)(=O)N3CCCCCC3)cc2)Oc2ccc(Cl)cc21. The second-order valence-corrected chi connectivity index (χ2v) is 12.6. The van der Waals surface area contributed by atoms with E-state index in [0.29, 0.717) is 23.8 Å². The highest BCUT2D eigenvalue weighted by molar-refractivity contribution is 7.92. The van der Waals surface area contributed by atoms with Crippen molar-refractivity contribution in [1.29, 1.82) is 0 Å². The molecule has 1 unspecified atom stereocenters. The fourth-order valence-corrected chi connectivity index (χ4v) is 6.63. The topological polar surface area (TPSA) is 113 Å². The number of hydrogen-bond acceptors (Lipinski definition) is 6. The molecular weight excluding hydrogens is 502 g/mol. The van der Waals surface area contributed by atoms with Crippen molar-refractivity contribution in [2.75, 3.05) is 35.5 Å². The molecule has 0 radical (unpaired) electrons. The van der Waals surface area contributed by atoms with Crippen LogP contribution in [0, 0.1) is 0 Å². The molecule has 9 nitrogen and oxygen atoms in total. The Morgan fingerprint density at radius 1 is 1.00 bits per heavy atom. The number of carbonyl (C=O) groups is 1. The summed E-state index contributed by atoms with van der Waals surface area (Å²) in [4.78, 5) is 13.0. The number of halogens is 1. The van der Waals surface area contributed by atoms with E-state index in [1.807, 2.05) is 0 Å². The predicted molar refractivity (Wildman–Crippen MR) is 130 cm³/mol. The summed E-state index contributed by atoms with van der Waals surface area (Å²) in [6, 6.07) is 10.5. The Bertz CT molecular complexity index is 1270. The van der Waals surface area contributed by atoms with Gasteiger partial charge in [-0.25, -0.2) is 16.8 Å². The maximum atomic E-state index is 12.9. The summed E-state index contributed by atoms with van der Waals surface area (Å²) in [5.74, 6) is -0.336. The van der Waals surface area contributed by atoms with Crippen LogP contribution in [-0.4, -0.2) is 59.0 Å². The number of ether oxygens (including phenoxy) is 1. The summed E-state index contributed by atoms with van der Waals surface area (Å²) >= 11 is 6.00. The number of benzene rings is 2. The first-order valence-corrected chi connectivity index (χ1v) is 14.6. The van der Waals surface area contributed by atoms with Crippen LogP contribution in [0.2, 0.25) is 5.02 Å². The minimum atomic E-state index is -3.69. The molecule has 2 aromatic carbocycles. The minimum Gasteiger partial charge on any atom is -0.476 e. The van der Waals surface area contributed by atoms with E-state index >= 15 is 0 Å². The second kappa shape index (κ2) is 9.73. The molecular formula is C22H26ClN3O6S2. The molecule has 2 aliphatic rings. The molecule has 12 heteroatoms. The molecule has 2 aliphatic heterocycles. The van der Waals surface area contributed by atoms with Crippen molar-refractivity contribution in [2.24, 2.45) is 0 Å². The first-order chi connectivity index (χ1) is 16.1. The molecule has 0 spiro atoms. The number of fused-ring (bicyclic) bond motifs is 1. The molecule has 0 aromatic heterocycles. The summed E-state index contributed by atoms with van der Waals surface area (Å²) in [5.41, 5.74) is 0.637. The third-order valence-corrected chi connectivity index (χ3v) is 9.10. The largest absolute Gasteiger partial charge is 0.476 e. The summed E-state index contributed by atoms with van der Waals surface area (Å²) in [5, 5.41) is 3.02. The standard InChI is InChI=1S/C22H26ClN3O6S2/c1-33(28,29)26-15-21(32-20-11-6-16(23)14-19(20)26)22(27)24-17-7-9-18(10-8-17)34(30,31)25-12-4-2-3-5-13-25/h6-11,14,21H,2-5,12-13,15H2,1H3,(H,24,27). The normalized spacial score (nSPS) is 19.6. The van der Waals surface area contributed by atoms with Crippen LogP contribution in [0.1, 0.15) is 25.7 Å². The van der Waals surface area contributed by atoms with Crippen molar-refractivity contribution in [1.82, 2.24) is 4.31 Å². The van der Waals surface area contributed by atoms with Crippen LogP contribution >= 0.6 is 11.6 Å². The average Bonchev–Trinajstić information content (AvgIpc) is 3.08. The molecule has 1 amide bonds. The number of rotatable bonds is 5. The Hall–Kier alpha value is -2.34. The first kappa shape index (κ1) is 24.8. The van der Waals surface area contributed by atoms with E-state index in [9.17, 15) is 21.6 Å². The van der Waals surface area contributed by atoms with E-state index in [-0.39, 0.29) is 22.9 Å². The predicted octanol–water partition coefficient (Wildman–Crippen LogP) is 3.07. The van der Waals surface area contributed by atoms with E-state index in [2.05, 4.69) is 5.32 Å². The quantitative estimate of drug-likeness (QED) is 0.639. The number of hydrogen-bond donors (Lipinski definition) is 1. The van der Waals surface area contributed by atoms with Gasteiger partial charge < -0.3 is 10.1 Å². The Balaban J connectivity index is 1.49. The zero-order chi connectivity index (χ0) is 24.5. The van der Waals surface area contributed by atoms with Crippen LogP contribution in [0.15, 0.2) is 47.4 Å². The van der Waals surface area contributed by atoms with Gasteiger partial charge in [0.05, 0.1) is 23.4 Å². The fraction of sp³-hybridized carbons (Fsp3) is 0.409. The Kier molecular flexibility index (Phi) is 7.09. The molecule has 184 valence electrons. The third-order valence-electron chi connectivity index (χ3n) is 5.81. The van der Waals surface area contributed by atoms with Crippen LogP contribution in [0.3, 0.4) is 0 Å². The second-order valence-electron chi connectivity index (χ2n) is 8.34. The van der Waals surface area contributed by atoms with Gasteiger partial charge in [-0.3, -0.25) is 9.10 Å². The Morgan fingerprint density at radius 2 is 1.65 bits per heavy atom. The van der Waals surface area contributed by atoms with E-state index < -0.39 is 32.1 Å². The summed E-state index contributed by atoms with van der Waals surface area (Å²) in [6.07, 6.45) is 3.66. The first-order valence-electron chi connectivity index (χ1n) is 10.9. The molecule has 2 aromatic rings. The number of sulfonamides is 2. The van der Waals surface area contributed by atoms with Gasteiger partial charge in [0.15, 0.2) is 6.10 Å². The molecule has 4 rings (SSSR count). The summed E-state index contributed by atoms with van der Waals surface area (Å²) in [7, 11) is -7.29. The van der Waals surface area contributed by atoms with Crippen molar-refractivity contribution in [3.8, 4) is 5.75 Å². The van der Waals surface area contributed by atoms with Crippen LogP contribution in [-0.2, 0) is 24.8 Å². The van der Waals surface area contributed by atoms with E-state index in [1.165, 1.54) is 40.7 Å². The molecule has 1 atom stereocenters. The van der Waals surface area contributed by atoms with Gasteiger partial charge >= 0.3 is 0 Å². The zero-order valence-electron chi connectivity index (χ0n) is 18.6. The lowest BCUT2D eigenvalue weighted by Gasteiger charge is -2.34. The Morgan fingerprint density at radius 3 is 2.26 bits per heavy atom. The van der Waals surface area contributed by atoms with Crippen molar-refractivity contribution >= 4 is 48.9 Å². The lowest BCUT2D eigenvalue weighted by atomic mass is 10.2. The molecule has 1 N–H and O–H groups in total. The van der Waals surface area contributed by atoms with Gasteiger partial charge in [-0.05, 0) is 55.3 Å². The van der Waals surface area contributed by atoms with Crippen LogP contribution < -0.4 is 14.4 Å². The zero-order valence-corrected chi connectivity index (χ0v) is 21.0. The van der Waals surface area contributed by atoms with E-state index in [1.54, 1.807) is 6.07 Å². The minimum absolute atomic E-state index is 0.162. The molecule has 0 aliphatic carbocycles. The highest BCUT2D eigenvalue weighted by Gasteiger charge is 2.35. The van der Waals surface area contributed by atoms with Gasteiger partial charge in [-0.1, -0.05) is 24.4 Å². The molecule has 2 heterocycles. The Labute approximate surface area is 204 Å². The monoisotopic (exact) mass is 527 g/mol. The van der Waals surface area contributed by atoms with Crippen molar-refractivity contribution < 1.29 is 26.4 Å². The average molecular weight is 528 g/mol. The van der Waals surface area contributed by atoms with Crippen LogP contribution in [0.4, 0.5) is 11.4 Å². The van der Waals surface area contributed by atoms with Gasteiger partial charge in [0.2, 0.25) is 20.0 Å². The molecule has 0 bridgehead atoms. The summed E-state index contributed by atoms with van der Waals surface area (Å²) in [6.45, 7) is 0.784. The van der Waals surface area contributed by atoms with E-state index in [0.717, 1.165) is 36.2 Å². The lowest BCUT2D eigenvalue weighted by Crippen LogP contribution is -2.48. The number of anilines is 2. The summed E-state index contributed by atoms with van der Waals surface area (Å²) < 4.78 is 58.8. The maximum Gasteiger partial charge on any atom is 0.267 e. The number of amides is 1. The maximum absolute atomic E-state index is 12.9. The van der Waals surface area contributed by atoms with Crippen molar-refractivity contribution in [3.05, 3.63) is 47.5 Å². The van der Waals surface area contributed by atoms with Crippen LogP contribution in [0.5, 0.6) is 5.75 Å². The smallest absolute Gasteiger partial charge is 0.267 e. The highest BCUT2D eigenvalue weighted by Crippen LogP contribution is 2.37. The van der Waals surface area contributed by atoms with Crippen molar-refractivity contribution in [2.45, 2.75) is 36.7 Å².